The van der Waals surface area contributed by atoms with Crippen molar-refractivity contribution in [3.63, 3.8) is 0 Å². The lowest BCUT2D eigenvalue weighted by molar-refractivity contribution is -0.0315. The maximum atomic E-state index is 12.9. The molecule has 0 spiro atoms. The third-order valence-corrected chi connectivity index (χ3v) is 4.25. The average Bonchev–Trinajstić information content (AvgIpc) is 3.07. The molecule has 0 aromatic heterocycles. The minimum atomic E-state index is -0.949. The molecule has 0 saturated carbocycles. The maximum absolute atomic E-state index is 12.9. The first-order chi connectivity index (χ1) is 12.1. The molecule has 5 nitrogen and oxygen atoms in total. The molecule has 130 valence electrons. The first-order valence-corrected chi connectivity index (χ1v) is 8.22. The molecule has 1 aliphatic rings. The highest BCUT2D eigenvalue weighted by Crippen LogP contribution is 2.33. The summed E-state index contributed by atoms with van der Waals surface area (Å²) < 4.78 is 5.77. The number of aliphatic hydroxyl groups is 1. The third-order valence-electron chi connectivity index (χ3n) is 4.25. The van der Waals surface area contributed by atoms with Crippen LogP contribution in [0.1, 0.15) is 18.5 Å². The van der Waals surface area contributed by atoms with Crippen LogP contribution in [0.2, 0.25) is 0 Å². The van der Waals surface area contributed by atoms with Gasteiger partial charge in [0.25, 0.3) is 0 Å². The molecule has 25 heavy (non-hydrogen) atoms. The van der Waals surface area contributed by atoms with E-state index < -0.39 is 12.3 Å². The summed E-state index contributed by atoms with van der Waals surface area (Å²) in [4.78, 5) is 14.5. The number of para-hydroxylation sites is 1. The summed E-state index contributed by atoms with van der Waals surface area (Å²) in [6.45, 7) is 5.83. The average molecular weight is 338 g/mol. The Hall–Kier alpha value is -2.63. The molecule has 0 bridgehead atoms. The summed E-state index contributed by atoms with van der Waals surface area (Å²) >= 11 is 0. The van der Waals surface area contributed by atoms with Gasteiger partial charge in [-0.3, -0.25) is 4.90 Å². The van der Waals surface area contributed by atoms with Crippen molar-refractivity contribution in [2.24, 2.45) is 0 Å². The zero-order chi connectivity index (χ0) is 17.8. The van der Waals surface area contributed by atoms with Crippen LogP contribution in [0.5, 0.6) is 0 Å². The fourth-order valence-corrected chi connectivity index (χ4v) is 2.91. The number of nitrogens with zero attached hydrogens (tertiary/aromatic N) is 1. The van der Waals surface area contributed by atoms with Crippen molar-refractivity contribution in [3.8, 4) is 0 Å². The van der Waals surface area contributed by atoms with E-state index in [0.717, 1.165) is 5.56 Å². The van der Waals surface area contributed by atoms with E-state index in [4.69, 9.17) is 4.74 Å². The van der Waals surface area contributed by atoms with Crippen LogP contribution in [0.25, 0.3) is 0 Å². The number of carbonyl (C=O) groups is 1. The summed E-state index contributed by atoms with van der Waals surface area (Å²) in [5.41, 5.74) is 2.20. The topological polar surface area (TPSA) is 61.8 Å². The van der Waals surface area contributed by atoms with E-state index in [0.29, 0.717) is 17.9 Å². The van der Waals surface area contributed by atoms with Crippen molar-refractivity contribution in [2.75, 3.05) is 11.9 Å². The van der Waals surface area contributed by atoms with Crippen LogP contribution in [0.15, 0.2) is 72.8 Å². The van der Waals surface area contributed by atoms with E-state index in [1.165, 1.54) is 0 Å². The van der Waals surface area contributed by atoms with Crippen molar-refractivity contribution < 1.29 is 14.6 Å². The lowest BCUT2D eigenvalue weighted by Gasteiger charge is -2.31. The van der Waals surface area contributed by atoms with Gasteiger partial charge in [0, 0.05) is 5.69 Å². The maximum Gasteiger partial charge on any atom is 0.324 e. The second kappa shape index (κ2) is 7.51. The van der Waals surface area contributed by atoms with E-state index in [1.54, 1.807) is 11.8 Å². The van der Waals surface area contributed by atoms with Gasteiger partial charge in [-0.25, -0.2) is 4.79 Å². The van der Waals surface area contributed by atoms with Gasteiger partial charge in [0.05, 0.1) is 12.6 Å². The van der Waals surface area contributed by atoms with Crippen molar-refractivity contribution in [3.05, 3.63) is 78.4 Å². The molecule has 1 saturated heterocycles. The number of hydrogen-bond donors (Lipinski definition) is 2. The molecule has 0 aliphatic carbocycles. The number of hydrogen-bond acceptors (Lipinski definition) is 3. The third kappa shape index (κ3) is 3.73. The monoisotopic (exact) mass is 338 g/mol. The Kier molecular flexibility index (Phi) is 5.16. The lowest BCUT2D eigenvalue weighted by Crippen LogP contribution is -2.46. The van der Waals surface area contributed by atoms with Gasteiger partial charge in [0.2, 0.25) is 0 Å². The number of urea groups is 1. The van der Waals surface area contributed by atoms with Gasteiger partial charge in [-0.2, -0.15) is 0 Å². The van der Waals surface area contributed by atoms with E-state index in [2.05, 4.69) is 11.9 Å². The minimum Gasteiger partial charge on any atom is -0.384 e. The number of aliphatic hydroxyl groups excluding tert-OH is 1. The number of carbonyl (C=O) groups excluding carboxylic acids is 1. The number of anilines is 1. The molecule has 2 N–H and O–H groups in total. The van der Waals surface area contributed by atoms with Crippen LogP contribution in [0.4, 0.5) is 10.5 Å². The molecule has 0 unspecified atom stereocenters. The largest absolute Gasteiger partial charge is 0.384 e. The fraction of sp³-hybridized carbons (Fsp3) is 0.250. The SMILES string of the molecule is C=C(C)[C@@H](O)[C@@H]1OC[C@H](c2ccccc2)N1C(=O)Nc1ccccc1. The summed E-state index contributed by atoms with van der Waals surface area (Å²) in [5, 5.41) is 13.3. The van der Waals surface area contributed by atoms with Crippen molar-refractivity contribution in [1.29, 1.82) is 0 Å². The van der Waals surface area contributed by atoms with Crippen molar-refractivity contribution in [1.82, 2.24) is 4.90 Å². The Bertz CT molecular complexity index is 733. The van der Waals surface area contributed by atoms with Crippen LogP contribution in [0.3, 0.4) is 0 Å². The van der Waals surface area contributed by atoms with Crippen molar-refractivity contribution >= 4 is 11.7 Å². The van der Waals surface area contributed by atoms with Crippen LogP contribution < -0.4 is 5.32 Å². The molecule has 3 rings (SSSR count). The second-order valence-electron chi connectivity index (χ2n) is 6.15. The van der Waals surface area contributed by atoms with Gasteiger partial charge in [0.1, 0.15) is 6.10 Å². The highest BCUT2D eigenvalue weighted by atomic mass is 16.5. The molecular formula is C20H22N2O3. The van der Waals surface area contributed by atoms with E-state index in [1.807, 2.05) is 60.7 Å². The summed E-state index contributed by atoms with van der Waals surface area (Å²) in [6, 6.07) is 18.3. The molecule has 1 fully saturated rings. The first kappa shape index (κ1) is 17.2. The number of amides is 2. The van der Waals surface area contributed by atoms with Crippen molar-refractivity contribution in [2.45, 2.75) is 25.3 Å². The molecule has 1 heterocycles. The molecule has 1 aliphatic heterocycles. The predicted octanol–water partition coefficient (Wildman–Crippen LogP) is 3.56. The molecule has 2 aromatic carbocycles. The zero-order valence-corrected chi connectivity index (χ0v) is 14.1. The Balaban J connectivity index is 1.89. The smallest absolute Gasteiger partial charge is 0.324 e. The summed E-state index contributed by atoms with van der Waals surface area (Å²) in [6.07, 6.45) is -1.72. The van der Waals surface area contributed by atoms with Gasteiger partial charge in [-0.1, -0.05) is 55.1 Å². The van der Waals surface area contributed by atoms with Crippen LogP contribution >= 0.6 is 0 Å². The van der Waals surface area contributed by atoms with Gasteiger partial charge < -0.3 is 15.2 Å². The number of nitrogens with one attached hydrogen (secondary N) is 1. The van der Waals surface area contributed by atoms with E-state index in [9.17, 15) is 9.90 Å². The van der Waals surface area contributed by atoms with Crippen LogP contribution in [-0.2, 0) is 4.74 Å². The van der Waals surface area contributed by atoms with Gasteiger partial charge >= 0.3 is 6.03 Å². The summed E-state index contributed by atoms with van der Waals surface area (Å²) in [7, 11) is 0. The lowest BCUT2D eigenvalue weighted by atomic mass is 10.1. The molecular weight excluding hydrogens is 316 g/mol. The second-order valence-corrected chi connectivity index (χ2v) is 6.15. The van der Waals surface area contributed by atoms with Gasteiger partial charge in [-0.05, 0) is 30.2 Å². The molecule has 2 aromatic rings. The standard InChI is InChI=1S/C20H22N2O3/c1-14(2)18(23)19-22(20(24)21-16-11-7-4-8-12-16)17(13-25-19)15-9-5-3-6-10-15/h3-12,17-19,23H,1,13H2,2H3,(H,21,24)/t17-,18-,19+/m1/s1. The molecule has 2 amide bonds. The molecule has 5 heteroatoms. The van der Waals surface area contributed by atoms with Crippen LogP contribution in [0, 0.1) is 0 Å². The Labute approximate surface area is 147 Å². The summed E-state index contributed by atoms with van der Waals surface area (Å²) in [5.74, 6) is 0. The fourth-order valence-electron chi connectivity index (χ4n) is 2.91. The van der Waals surface area contributed by atoms with Crippen LogP contribution in [-0.4, -0.2) is 35.0 Å². The molecule has 3 atom stereocenters. The number of rotatable bonds is 4. The van der Waals surface area contributed by atoms with E-state index >= 15 is 0 Å². The number of ether oxygens (including phenoxy) is 1. The Morgan fingerprint density at radius 1 is 1.20 bits per heavy atom. The highest BCUT2D eigenvalue weighted by Gasteiger charge is 2.42. The Morgan fingerprint density at radius 2 is 1.80 bits per heavy atom. The Morgan fingerprint density at radius 3 is 2.40 bits per heavy atom. The normalized spacial score (nSPS) is 21.0. The highest BCUT2D eigenvalue weighted by molar-refractivity contribution is 5.90. The van der Waals surface area contributed by atoms with E-state index in [-0.39, 0.29) is 12.1 Å². The number of benzene rings is 2. The van der Waals surface area contributed by atoms with Gasteiger partial charge in [-0.15, -0.1) is 0 Å². The predicted molar refractivity (Wildman–Crippen MR) is 97.0 cm³/mol. The zero-order valence-electron chi connectivity index (χ0n) is 14.1. The minimum absolute atomic E-state index is 0.274. The molecule has 0 radical (unpaired) electrons. The first-order valence-electron chi connectivity index (χ1n) is 8.22. The quantitative estimate of drug-likeness (QED) is 0.838. The van der Waals surface area contributed by atoms with Gasteiger partial charge in [0.15, 0.2) is 6.23 Å².